The van der Waals surface area contributed by atoms with Crippen LogP contribution in [0.15, 0.2) is 59.3 Å². The van der Waals surface area contributed by atoms with Crippen LogP contribution < -0.4 is 10.1 Å². The number of benzene rings is 2. The number of rotatable bonds is 6. The first-order chi connectivity index (χ1) is 12.1. The number of carbonyl (C=O) groups is 1. The predicted octanol–water partition coefficient (Wildman–Crippen LogP) is 3.38. The van der Waals surface area contributed by atoms with Gasteiger partial charge in [0.15, 0.2) is 12.4 Å². The molecule has 0 radical (unpaired) electrons. The van der Waals surface area contributed by atoms with Crippen molar-refractivity contribution >= 4 is 33.4 Å². The second kappa shape index (κ2) is 8.13. The third-order valence-corrected chi connectivity index (χ3v) is 4.20. The van der Waals surface area contributed by atoms with Crippen molar-refractivity contribution in [2.75, 3.05) is 6.61 Å². The zero-order valence-corrected chi connectivity index (χ0v) is 15.4. The van der Waals surface area contributed by atoms with E-state index >= 15 is 0 Å². The Labute approximate surface area is 157 Å². The minimum absolute atomic E-state index is 0.111. The Hall–Kier alpha value is -2.38. The van der Waals surface area contributed by atoms with E-state index < -0.39 is 0 Å². The molecule has 25 heavy (non-hydrogen) atoms. The van der Waals surface area contributed by atoms with Gasteiger partial charge < -0.3 is 10.1 Å². The number of ether oxygens (including phenoxy) is 1. The molecule has 1 aromatic heterocycles. The van der Waals surface area contributed by atoms with Gasteiger partial charge in [-0.3, -0.25) is 9.36 Å². The standard InChI is InChI=1S/C17H14BrClN4O2/c18-14-8-12(19)6-7-15(14)25-10-17(24)20-9-16-22-21-11-23(16)13-4-2-1-3-5-13/h1-8,11H,9-10H2,(H,20,24). The summed E-state index contributed by atoms with van der Waals surface area (Å²) >= 11 is 9.21. The Morgan fingerprint density at radius 1 is 1.24 bits per heavy atom. The molecular formula is C17H14BrClN4O2. The second-order valence-corrected chi connectivity index (χ2v) is 6.38. The summed E-state index contributed by atoms with van der Waals surface area (Å²) in [6.45, 7) is 0.137. The van der Waals surface area contributed by atoms with Crippen LogP contribution in [0.5, 0.6) is 5.75 Å². The summed E-state index contributed by atoms with van der Waals surface area (Å²) in [6.07, 6.45) is 1.61. The molecule has 3 rings (SSSR count). The van der Waals surface area contributed by atoms with Crippen molar-refractivity contribution in [3.63, 3.8) is 0 Å². The largest absolute Gasteiger partial charge is 0.483 e. The zero-order chi connectivity index (χ0) is 17.6. The summed E-state index contributed by atoms with van der Waals surface area (Å²) < 4.78 is 7.99. The maximum absolute atomic E-state index is 12.0. The fourth-order valence-corrected chi connectivity index (χ4v) is 2.95. The van der Waals surface area contributed by atoms with Gasteiger partial charge in [0.25, 0.3) is 5.91 Å². The average Bonchev–Trinajstić information content (AvgIpc) is 3.08. The Morgan fingerprint density at radius 3 is 2.80 bits per heavy atom. The van der Waals surface area contributed by atoms with Crippen LogP contribution in [-0.2, 0) is 11.3 Å². The van der Waals surface area contributed by atoms with Crippen molar-refractivity contribution in [1.82, 2.24) is 20.1 Å². The van der Waals surface area contributed by atoms with Crippen molar-refractivity contribution in [1.29, 1.82) is 0 Å². The monoisotopic (exact) mass is 420 g/mol. The molecule has 0 saturated heterocycles. The lowest BCUT2D eigenvalue weighted by atomic mass is 10.3. The van der Waals surface area contributed by atoms with Gasteiger partial charge in [0.2, 0.25) is 0 Å². The van der Waals surface area contributed by atoms with E-state index in [1.807, 2.05) is 34.9 Å². The van der Waals surface area contributed by atoms with Gasteiger partial charge in [0, 0.05) is 10.7 Å². The Morgan fingerprint density at radius 2 is 2.04 bits per heavy atom. The number of amides is 1. The van der Waals surface area contributed by atoms with E-state index in [1.165, 1.54) is 0 Å². The molecule has 0 fully saturated rings. The van der Waals surface area contributed by atoms with Crippen LogP contribution >= 0.6 is 27.5 Å². The number of aromatic nitrogens is 3. The number of carbonyl (C=O) groups excluding carboxylic acids is 1. The second-order valence-electron chi connectivity index (χ2n) is 5.09. The van der Waals surface area contributed by atoms with Gasteiger partial charge in [-0.25, -0.2) is 0 Å². The number of nitrogens with one attached hydrogen (secondary N) is 1. The Kier molecular flexibility index (Phi) is 5.67. The number of para-hydroxylation sites is 1. The highest BCUT2D eigenvalue weighted by Gasteiger charge is 2.10. The predicted molar refractivity (Wildman–Crippen MR) is 97.9 cm³/mol. The fraction of sp³-hybridized carbons (Fsp3) is 0.118. The molecule has 1 amide bonds. The smallest absolute Gasteiger partial charge is 0.258 e. The van der Waals surface area contributed by atoms with E-state index in [0.29, 0.717) is 21.1 Å². The lowest BCUT2D eigenvalue weighted by molar-refractivity contribution is -0.123. The maximum atomic E-state index is 12.0. The molecule has 0 spiro atoms. The van der Waals surface area contributed by atoms with E-state index in [9.17, 15) is 4.79 Å². The molecule has 3 aromatic rings. The molecule has 0 aliphatic heterocycles. The highest BCUT2D eigenvalue weighted by Crippen LogP contribution is 2.27. The van der Waals surface area contributed by atoms with Crippen LogP contribution in [0.3, 0.4) is 0 Å². The van der Waals surface area contributed by atoms with Crippen molar-refractivity contribution in [3.8, 4) is 11.4 Å². The molecule has 0 bridgehead atoms. The van der Waals surface area contributed by atoms with Gasteiger partial charge >= 0.3 is 0 Å². The number of nitrogens with zero attached hydrogens (tertiary/aromatic N) is 3. The highest BCUT2D eigenvalue weighted by atomic mass is 79.9. The molecule has 2 aromatic carbocycles. The molecule has 0 unspecified atom stereocenters. The number of hydrogen-bond acceptors (Lipinski definition) is 4. The van der Waals surface area contributed by atoms with Gasteiger partial charge in [0.05, 0.1) is 11.0 Å². The van der Waals surface area contributed by atoms with Gasteiger partial charge in [-0.2, -0.15) is 0 Å². The van der Waals surface area contributed by atoms with Crippen molar-refractivity contribution in [3.05, 3.63) is 70.2 Å². The van der Waals surface area contributed by atoms with Crippen LogP contribution in [-0.4, -0.2) is 27.3 Å². The lowest BCUT2D eigenvalue weighted by Gasteiger charge is -2.10. The molecule has 6 nitrogen and oxygen atoms in total. The first-order valence-corrected chi connectivity index (χ1v) is 8.59. The summed E-state index contributed by atoms with van der Waals surface area (Å²) in [7, 11) is 0. The van der Waals surface area contributed by atoms with Crippen LogP contribution in [0.2, 0.25) is 5.02 Å². The molecular weight excluding hydrogens is 408 g/mol. The molecule has 1 heterocycles. The molecule has 1 N–H and O–H groups in total. The quantitative estimate of drug-likeness (QED) is 0.662. The third kappa shape index (κ3) is 4.58. The van der Waals surface area contributed by atoms with Gasteiger partial charge in [-0.1, -0.05) is 29.8 Å². The van der Waals surface area contributed by atoms with E-state index in [4.69, 9.17) is 16.3 Å². The summed E-state index contributed by atoms with van der Waals surface area (Å²) in [5.41, 5.74) is 0.929. The summed E-state index contributed by atoms with van der Waals surface area (Å²) in [6, 6.07) is 14.8. The van der Waals surface area contributed by atoms with Gasteiger partial charge in [-0.05, 0) is 46.3 Å². The maximum Gasteiger partial charge on any atom is 0.258 e. The van der Waals surface area contributed by atoms with Crippen LogP contribution in [0.1, 0.15) is 5.82 Å². The normalized spacial score (nSPS) is 10.5. The molecule has 128 valence electrons. The van der Waals surface area contributed by atoms with Crippen molar-refractivity contribution in [2.45, 2.75) is 6.54 Å². The molecule has 0 aliphatic rings. The fourth-order valence-electron chi connectivity index (χ4n) is 2.15. The lowest BCUT2D eigenvalue weighted by Crippen LogP contribution is -2.29. The van der Waals surface area contributed by atoms with Gasteiger partial charge in [-0.15, -0.1) is 10.2 Å². The highest BCUT2D eigenvalue weighted by molar-refractivity contribution is 9.10. The average molecular weight is 422 g/mol. The van der Waals surface area contributed by atoms with E-state index in [2.05, 4.69) is 31.4 Å². The SMILES string of the molecule is O=C(COc1ccc(Cl)cc1Br)NCc1nncn1-c1ccccc1. The number of halogens is 2. The zero-order valence-electron chi connectivity index (χ0n) is 13.0. The minimum atomic E-state index is -0.260. The summed E-state index contributed by atoms with van der Waals surface area (Å²) in [4.78, 5) is 12.0. The van der Waals surface area contributed by atoms with Gasteiger partial charge in [0.1, 0.15) is 12.1 Å². The molecule has 0 saturated carbocycles. The third-order valence-electron chi connectivity index (χ3n) is 3.35. The first-order valence-electron chi connectivity index (χ1n) is 7.42. The molecule has 0 aliphatic carbocycles. The van der Waals surface area contributed by atoms with Crippen molar-refractivity contribution in [2.24, 2.45) is 0 Å². The topological polar surface area (TPSA) is 69.0 Å². The van der Waals surface area contributed by atoms with E-state index in [0.717, 1.165) is 5.69 Å². The Balaban J connectivity index is 1.56. The van der Waals surface area contributed by atoms with Crippen LogP contribution in [0, 0.1) is 0 Å². The van der Waals surface area contributed by atoms with Crippen LogP contribution in [0.25, 0.3) is 5.69 Å². The molecule has 8 heteroatoms. The summed E-state index contributed by atoms with van der Waals surface area (Å²) in [5.74, 6) is 0.920. The number of hydrogen-bond donors (Lipinski definition) is 1. The minimum Gasteiger partial charge on any atom is -0.483 e. The van der Waals surface area contributed by atoms with Crippen LogP contribution in [0.4, 0.5) is 0 Å². The van der Waals surface area contributed by atoms with E-state index in [-0.39, 0.29) is 19.1 Å². The molecule has 0 atom stereocenters. The first kappa shape index (κ1) is 17.4. The van der Waals surface area contributed by atoms with Crippen molar-refractivity contribution < 1.29 is 9.53 Å². The summed E-state index contributed by atoms with van der Waals surface area (Å²) in [5, 5.41) is 11.3. The Bertz CT molecular complexity index is 870. The van der Waals surface area contributed by atoms with E-state index in [1.54, 1.807) is 24.5 Å².